The average molecular weight is 632 g/mol. The molecule has 0 N–H and O–H groups in total. The van der Waals surface area contributed by atoms with Crippen LogP contribution in [0.15, 0.2) is 127 Å². The van der Waals surface area contributed by atoms with Crippen LogP contribution in [0.1, 0.15) is 52.7 Å². The van der Waals surface area contributed by atoms with E-state index in [1.54, 1.807) is 14.2 Å². The first kappa shape index (κ1) is 32.8. The molecule has 0 spiro atoms. The normalized spacial score (nSPS) is 12.6. The van der Waals surface area contributed by atoms with Gasteiger partial charge in [-0.3, -0.25) is 0 Å². The van der Waals surface area contributed by atoms with Gasteiger partial charge in [0.15, 0.2) is 0 Å². The summed E-state index contributed by atoms with van der Waals surface area (Å²) in [4.78, 5) is 0. The van der Waals surface area contributed by atoms with E-state index in [2.05, 4.69) is 151 Å². The molecule has 48 heavy (non-hydrogen) atoms. The van der Waals surface area contributed by atoms with Gasteiger partial charge in [0.1, 0.15) is 11.5 Å². The van der Waals surface area contributed by atoms with Crippen LogP contribution in [-0.4, -0.2) is 18.8 Å². The second-order valence-corrected chi connectivity index (χ2v) is 12.2. The summed E-state index contributed by atoms with van der Waals surface area (Å²) in [6, 6.07) is 46.3. The number of hydrogen-bond donors (Lipinski definition) is 0. The largest absolute Gasteiger partial charge is 0.457 e. The lowest BCUT2D eigenvalue weighted by Gasteiger charge is -2.34. The molecule has 9 rings (SSSR count). The Bertz CT molecular complexity index is 2360. The lowest BCUT2D eigenvalue weighted by molar-refractivity contribution is 0.277. The molecule has 0 saturated heterocycles. The minimum Gasteiger partial charge on any atom is -0.457 e. The highest BCUT2D eigenvalue weighted by Crippen LogP contribution is 2.50. The Morgan fingerprint density at radius 3 is 1.58 bits per heavy atom. The number of nitrogens with zero attached hydrogens (tertiary/aromatic N) is 1. The summed E-state index contributed by atoms with van der Waals surface area (Å²) < 4.78 is 13.2. The number of fused-ring (bicyclic) bond motifs is 11. The minimum absolute atomic E-state index is 0.162. The second-order valence-electron chi connectivity index (χ2n) is 12.2. The molecular weight excluding hydrogens is 587 g/mol. The molecule has 0 amide bonds. The smallest absolute Gasteiger partial charge is 0.133 e. The van der Waals surface area contributed by atoms with Gasteiger partial charge >= 0.3 is 0 Å². The third-order valence-electron chi connectivity index (χ3n) is 9.21. The molecule has 1 aliphatic heterocycles. The van der Waals surface area contributed by atoms with Crippen molar-refractivity contribution in [1.29, 1.82) is 0 Å². The van der Waals surface area contributed by atoms with Gasteiger partial charge in [0.25, 0.3) is 0 Å². The highest BCUT2D eigenvalue weighted by molar-refractivity contribution is 6.25. The SMILES string of the molecule is CC.CC.CC1(C)c2ccccc2Oc2cc3c(cc21)c1ccccc1n3-c1ccc2c3ccccc3c3ccccc3c2c1.COC. The van der Waals surface area contributed by atoms with E-state index < -0.39 is 0 Å². The topological polar surface area (TPSA) is 23.4 Å². The summed E-state index contributed by atoms with van der Waals surface area (Å²) >= 11 is 0. The molecule has 3 heteroatoms. The van der Waals surface area contributed by atoms with Crippen molar-refractivity contribution >= 4 is 54.1 Å². The number of hydrogen-bond acceptors (Lipinski definition) is 2. The zero-order valence-electron chi connectivity index (χ0n) is 29.4. The van der Waals surface area contributed by atoms with Crippen molar-refractivity contribution in [2.45, 2.75) is 47.0 Å². The van der Waals surface area contributed by atoms with Crippen molar-refractivity contribution in [2.24, 2.45) is 0 Å². The Balaban J connectivity index is 0.000000537. The van der Waals surface area contributed by atoms with Crippen molar-refractivity contribution in [3.8, 4) is 17.2 Å². The maximum Gasteiger partial charge on any atom is 0.133 e. The molecule has 8 aromatic rings. The van der Waals surface area contributed by atoms with Crippen LogP contribution in [0.4, 0.5) is 0 Å². The summed E-state index contributed by atoms with van der Waals surface area (Å²) in [6.07, 6.45) is 0. The van der Waals surface area contributed by atoms with Gasteiger partial charge < -0.3 is 14.0 Å². The molecule has 2 heterocycles. The van der Waals surface area contributed by atoms with E-state index in [9.17, 15) is 0 Å². The number of methoxy groups -OCH3 is 1. The van der Waals surface area contributed by atoms with Gasteiger partial charge in [-0.2, -0.15) is 0 Å². The Morgan fingerprint density at radius 2 is 0.958 bits per heavy atom. The quantitative estimate of drug-likeness (QED) is 0.168. The summed E-state index contributed by atoms with van der Waals surface area (Å²) in [7, 11) is 3.25. The lowest BCUT2D eigenvalue weighted by Crippen LogP contribution is -2.24. The van der Waals surface area contributed by atoms with Crippen LogP contribution in [0.3, 0.4) is 0 Å². The number of para-hydroxylation sites is 2. The molecule has 0 radical (unpaired) electrons. The molecule has 1 aromatic heterocycles. The van der Waals surface area contributed by atoms with Crippen LogP contribution in [0.25, 0.3) is 59.8 Å². The fraction of sp³-hybridized carbons (Fsp3) is 0.200. The fourth-order valence-electron chi connectivity index (χ4n) is 7.22. The van der Waals surface area contributed by atoms with Crippen LogP contribution in [0.5, 0.6) is 11.5 Å². The van der Waals surface area contributed by atoms with Gasteiger partial charge in [0.05, 0.1) is 11.0 Å². The standard InChI is InChI=1S/C39H27NO.C2H6O.2C2H6/c1-39(2)33-16-8-10-18-37(33)41-38-23-36-32(22-34(38)39)30-15-7-9-17-35(30)40(36)24-19-20-29-27-13-4-3-11-25(27)26-12-5-6-14-28(26)31(29)21-24;1-3-2;2*1-2/h3-23H,1-2H3;1-2H3;2*1-2H3. The van der Waals surface area contributed by atoms with Crippen LogP contribution >= 0.6 is 0 Å². The highest BCUT2D eigenvalue weighted by Gasteiger charge is 2.35. The third kappa shape index (κ3) is 5.19. The van der Waals surface area contributed by atoms with Gasteiger partial charge in [0.2, 0.25) is 0 Å². The van der Waals surface area contributed by atoms with Gasteiger partial charge in [-0.1, -0.05) is 133 Å². The summed E-state index contributed by atoms with van der Waals surface area (Å²) in [5.41, 5.74) is 5.80. The van der Waals surface area contributed by atoms with E-state index in [0.29, 0.717) is 0 Å². The van der Waals surface area contributed by atoms with Crippen molar-refractivity contribution in [2.75, 3.05) is 14.2 Å². The first-order valence-electron chi connectivity index (χ1n) is 17.1. The molecule has 3 nitrogen and oxygen atoms in total. The van der Waals surface area contributed by atoms with E-state index in [-0.39, 0.29) is 5.41 Å². The Labute approximate surface area is 284 Å². The fourth-order valence-corrected chi connectivity index (χ4v) is 7.22. The Morgan fingerprint density at radius 1 is 0.458 bits per heavy atom. The van der Waals surface area contributed by atoms with Gasteiger partial charge in [-0.25, -0.2) is 0 Å². The second kappa shape index (κ2) is 13.5. The van der Waals surface area contributed by atoms with E-state index >= 15 is 0 Å². The van der Waals surface area contributed by atoms with Crippen molar-refractivity contribution < 1.29 is 9.47 Å². The predicted molar refractivity (Wildman–Crippen MR) is 208 cm³/mol. The third-order valence-corrected chi connectivity index (χ3v) is 9.21. The average Bonchev–Trinajstić information content (AvgIpc) is 3.46. The van der Waals surface area contributed by atoms with Gasteiger partial charge in [-0.15, -0.1) is 0 Å². The molecule has 0 atom stereocenters. The zero-order valence-corrected chi connectivity index (χ0v) is 29.4. The number of aromatic nitrogens is 1. The minimum atomic E-state index is -0.162. The first-order valence-corrected chi connectivity index (χ1v) is 17.1. The summed E-state index contributed by atoms with van der Waals surface area (Å²) in [5, 5.41) is 10.2. The lowest BCUT2D eigenvalue weighted by atomic mass is 9.75. The molecule has 0 fully saturated rings. The molecule has 0 unspecified atom stereocenters. The summed E-state index contributed by atoms with van der Waals surface area (Å²) in [6.45, 7) is 12.6. The van der Waals surface area contributed by atoms with Crippen LogP contribution in [0, 0.1) is 0 Å². The molecule has 0 aliphatic carbocycles. The van der Waals surface area contributed by atoms with Gasteiger partial charge in [-0.05, 0) is 62.6 Å². The van der Waals surface area contributed by atoms with E-state index in [1.165, 1.54) is 59.7 Å². The van der Waals surface area contributed by atoms with Crippen LogP contribution < -0.4 is 4.74 Å². The van der Waals surface area contributed by atoms with E-state index in [4.69, 9.17) is 4.74 Å². The van der Waals surface area contributed by atoms with Crippen molar-refractivity contribution in [3.05, 3.63) is 139 Å². The molecule has 0 saturated carbocycles. The molecular formula is C45H45NO2. The maximum atomic E-state index is 6.57. The number of benzene rings is 7. The summed E-state index contributed by atoms with van der Waals surface area (Å²) in [5.74, 6) is 1.87. The Hall–Kier alpha value is -5.12. The van der Waals surface area contributed by atoms with Crippen molar-refractivity contribution in [1.82, 2.24) is 4.57 Å². The monoisotopic (exact) mass is 631 g/mol. The molecule has 7 aromatic carbocycles. The Kier molecular flexibility index (Phi) is 9.26. The first-order chi connectivity index (χ1) is 23.5. The van der Waals surface area contributed by atoms with Crippen molar-refractivity contribution in [3.63, 3.8) is 0 Å². The van der Waals surface area contributed by atoms with Gasteiger partial charge in [0, 0.05) is 53.3 Å². The highest BCUT2D eigenvalue weighted by atomic mass is 16.5. The van der Waals surface area contributed by atoms with E-state index in [0.717, 1.165) is 22.7 Å². The molecule has 0 bridgehead atoms. The van der Waals surface area contributed by atoms with E-state index in [1.807, 2.05) is 27.7 Å². The predicted octanol–water partition coefficient (Wildman–Crippen LogP) is 13.0. The van der Waals surface area contributed by atoms with Crippen LogP contribution in [-0.2, 0) is 10.2 Å². The molecule has 242 valence electrons. The maximum absolute atomic E-state index is 6.57. The number of ether oxygens (including phenoxy) is 2. The number of rotatable bonds is 1. The zero-order chi connectivity index (χ0) is 34.0. The van der Waals surface area contributed by atoms with Crippen LogP contribution in [0.2, 0.25) is 0 Å². The molecule has 1 aliphatic rings.